The van der Waals surface area contributed by atoms with E-state index in [-0.39, 0.29) is 6.04 Å². The van der Waals surface area contributed by atoms with Crippen molar-refractivity contribution in [1.82, 2.24) is 0 Å². The molecule has 3 nitrogen and oxygen atoms in total. The first-order chi connectivity index (χ1) is 10.1. The molecular weight excluding hydrogens is 262 g/mol. The zero-order chi connectivity index (χ0) is 14.9. The van der Waals surface area contributed by atoms with Gasteiger partial charge in [-0.1, -0.05) is 49.2 Å². The van der Waals surface area contributed by atoms with Crippen LogP contribution in [-0.4, -0.2) is 17.3 Å². The largest absolute Gasteiger partial charge is 0.490 e. The zero-order valence-electron chi connectivity index (χ0n) is 12.5. The predicted molar refractivity (Wildman–Crippen MR) is 85.5 cm³/mol. The second-order valence-corrected chi connectivity index (χ2v) is 6.21. The van der Waals surface area contributed by atoms with E-state index in [1.807, 2.05) is 25.1 Å². The Morgan fingerprint density at radius 2 is 1.90 bits per heavy atom. The van der Waals surface area contributed by atoms with E-state index in [9.17, 15) is 5.11 Å². The average molecular weight is 285 g/mol. The lowest BCUT2D eigenvalue weighted by Gasteiger charge is -2.24. The van der Waals surface area contributed by atoms with Gasteiger partial charge in [-0.15, -0.1) is 0 Å². The lowest BCUT2D eigenvalue weighted by Crippen LogP contribution is -2.32. The van der Waals surface area contributed by atoms with E-state index >= 15 is 0 Å². The van der Waals surface area contributed by atoms with Crippen LogP contribution in [0.25, 0.3) is 10.8 Å². The van der Waals surface area contributed by atoms with E-state index in [1.54, 1.807) is 0 Å². The lowest BCUT2D eigenvalue weighted by molar-refractivity contribution is 0.00155. The standard InChI is InChI=1S/C18H23NO2/c1-13(19)15-9-8-14-6-2-3-7-16(14)17(15)21-12-18(20)10-4-5-11-18/h2-3,6-9,13,20H,4-5,10-12,19H2,1H3/t13-/m0/s1. The number of benzene rings is 2. The number of hydrogen-bond acceptors (Lipinski definition) is 3. The van der Waals surface area contributed by atoms with Crippen LogP contribution in [0.1, 0.15) is 44.2 Å². The summed E-state index contributed by atoms with van der Waals surface area (Å²) < 4.78 is 6.07. The molecule has 0 aromatic heterocycles. The van der Waals surface area contributed by atoms with Crippen LogP contribution in [-0.2, 0) is 0 Å². The smallest absolute Gasteiger partial charge is 0.132 e. The first kappa shape index (κ1) is 14.4. The zero-order valence-corrected chi connectivity index (χ0v) is 12.5. The molecule has 112 valence electrons. The topological polar surface area (TPSA) is 55.5 Å². The fourth-order valence-corrected chi connectivity index (χ4v) is 3.16. The molecule has 0 saturated heterocycles. The summed E-state index contributed by atoms with van der Waals surface area (Å²) in [6, 6.07) is 12.1. The Bertz CT molecular complexity index is 630. The van der Waals surface area contributed by atoms with Crippen LogP contribution < -0.4 is 10.5 Å². The van der Waals surface area contributed by atoms with Crippen molar-refractivity contribution in [2.24, 2.45) is 5.73 Å². The third kappa shape index (κ3) is 2.89. The molecule has 1 saturated carbocycles. The maximum atomic E-state index is 10.5. The molecule has 0 aliphatic heterocycles. The van der Waals surface area contributed by atoms with Gasteiger partial charge >= 0.3 is 0 Å². The number of fused-ring (bicyclic) bond motifs is 1. The SMILES string of the molecule is C[C@H](N)c1ccc2ccccc2c1OCC1(O)CCCC1. The van der Waals surface area contributed by atoms with Crippen LogP contribution in [0.3, 0.4) is 0 Å². The molecule has 3 heteroatoms. The Balaban J connectivity index is 1.96. The van der Waals surface area contributed by atoms with Crippen molar-refractivity contribution in [3.63, 3.8) is 0 Å². The highest BCUT2D eigenvalue weighted by molar-refractivity contribution is 5.89. The van der Waals surface area contributed by atoms with Gasteiger partial charge in [0.15, 0.2) is 0 Å². The van der Waals surface area contributed by atoms with Crippen molar-refractivity contribution in [2.75, 3.05) is 6.61 Å². The molecule has 1 aliphatic rings. The van der Waals surface area contributed by atoms with Gasteiger partial charge in [0.1, 0.15) is 12.4 Å². The summed E-state index contributed by atoms with van der Waals surface area (Å²) in [7, 11) is 0. The minimum Gasteiger partial charge on any atom is -0.490 e. The molecule has 0 amide bonds. The van der Waals surface area contributed by atoms with Crippen LogP contribution in [0.4, 0.5) is 0 Å². The number of ether oxygens (including phenoxy) is 1. The van der Waals surface area contributed by atoms with Crippen LogP contribution in [0.15, 0.2) is 36.4 Å². The van der Waals surface area contributed by atoms with Crippen molar-refractivity contribution in [3.05, 3.63) is 42.0 Å². The summed E-state index contributed by atoms with van der Waals surface area (Å²) in [4.78, 5) is 0. The number of nitrogens with two attached hydrogens (primary N) is 1. The Labute approximate surface area is 125 Å². The van der Waals surface area contributed by atoms with E-state index in [1.165, 1.54) is 0 Å². The second kappa shape index (κ2) is 5.66. The summed E-state index contributed by atoms with van der Waals surface area (Å²) >= 11 is 0. The van der Waals surface area contributed by atoms with Crippen molar-refractivity contribution in [3.8, 4) is 5.75 Å². The fourth-order valence-electron chi connectivity index (χ4n) is 3.16. The quantitative estimate of drug-likeness (QED) is 0.903. The highest BCUT2D eigenvalue weighted by Gasteiger charge is 2.32. The maximum absolute atomic E-state index is 10.5. The normalized spacial score (nSPS) is 18.8. The molecular formula is C18H23NO2. The molecule has 0 bridgehead atoms. The molecule has 0 spiro atoms. The van der Waals surface area contributed by atoms with Gasteiger partial charge in [0.25, 0.3) is 0 Å². The number of aliphatic hydroxyl groups is 1. The lowest BCUT2D eigenvalue weighted by atomic mass is 10.0. The van der Waals surface area contributed by atoms with Crippen molar-refractivity contribution in [1.29, 1.82) is 0 Å². The third-order valence-corrected chi connectivity index (χ3v) is 4.42. The highest BCUT2D eigenvalue weighted by atomic mass is 16.5. The fraction of sp³-hybridized carbons (Fsp3) is 0.444. The molecule has 1 aliphatic carbocycles. The van der Waals surface area contributed by atoms with Crippen molar-refractivity contribution < 1.29 is 9.84 Å². The van der Waals surface area contributed by atoms with Gasteiger partial charge in [0.05, 0.1) is 5.60 Å². The van der Waals surface area contributed by atoms with Crippen LogP contribution in [0.2, 0.25) is 0 Å². The van der Waals surface area contributed by atoms with E-state index in [0.717, 1.165) is 47.8 Å². The van der Waals surface area contributed by atoms with Gasteiger partial charge in [0, 0.05) is 17.0 Å². The summed E-state index contributed by atoms with van der Waals surface area (Å²) in [5.41, 5.74) is 6.40. The van der Waals surface area contributed by atoms with Gasteiger partial charge in [-0.3, -0.25) is 0 Å². The predicted octanol–water partition coefficient (Wildman–Crippen LogP) is 3.54. The number of hydrogen-bond donors (Lipinski definition) is 2. The average Bonchev–Trinajstić information content (AvgIpc) is 2.91. The maximum Gasteiger partial charge on any atom is 0.132 e. The summed E-state index contributed by atoms with van der Waals surface area (Å²) in [6.45, 7) is 2.31. The molecule has 3 N–H and O–H groups in total. The molecule has 2 aromatic rings. The molecule has 0 heterocycles. The Hall–Kier alpha value is -1.58. The monoisotopic (exact) mass is 285 g/mol. The van der Waals surface area contributed by atoms with Crippen LogP contribution >= 0.6 is 0 Å². The minimum atomic E-state index is -0.675. The minimum absolute atomic E-state index is 0.0946. The van der Waals surface area contributed by atoms with Crippen molar-refractivity contribution >= 4 is 10.8 Å². The van der Waals surface area contributed by atoms with E-state index < -0.39 is 5.60 Å². The number of rotatable bonds is 4. The molecule has 0 radical (unpaired) electrons. The molecule has 21 heavy (non-hydrogen) atoms. The Morgan fingerprint density at radius 1 is 1.19 bits per heavy atom. The van der Waals surface area contributed by atoms with Crippen LogP contribution in [0.5, 0.6) is 5.75 Å². The van der Waals surface area contributed by atoms with E-state index in [2.05, 4.69) is 18.2 Å². The van der Waals surface area contributed by atoms with Gasteiger partial charge in [-0.2, -0.15) is 0 Å². The molecule has 1 fully saturated rings. The molecule has 2 aromatic carbocycles. The summed E-state index contributed by atoms with van der Waals surface area (Å²) in [6.07, 6.45) is 3.81. The van der Waals surface area contributed by atoms with E-state index in [4.69, 9.17) is 10.5 Å². The van der Waals surface area contributed by atoms with Crippen molar-refractivity contribution in [2.45, 2.75) is 44.2 Å². The molecule has 1 atom stereocenters. The Kier molecular flexibility index (Phi) is 3.87. The first-order valence-electron chi connectivity index (χ1n) is 7.71. The van der Waals surface area contributed by atoms with Gasteiger partial charge in [-0.25, -0.2) is 0 Å². The first-order valence-corrected chi connectivity index (χ1v) is 7.71. The third-order valence-electron chi connectivity index (χ3n) is 4.42. The molecule has 3 rings (SSSR count). The van der Waals surface area contributed by atoms with E-state index in [0.29, 0.717) is 6.61 Å². The molecule has 0 unspecified atom stereocenters. The van der Waals surface area contributed by atoms with Crippen LogP contribution in [0, 0.1) is 0 Å². The van der Waals surface area contributed by atoms with Gasteiger partial charge in [0.2, 0.25) is 0 Å². The highest BCUT2D eigenvalue weighted by Crippen LogP contribution is 2.35. The summed E-state index contributed by atoms with van der Waals surface area (Å²) in [5, 5.41) is 12.7. The van der Waals surface area contributed by atoms with Gasteiger partial charge in [-0.05, 0) is 25.2 Å². The van der Waals surface area contributed by atoms with Gasteiger partial charge < -0.3 is 15.6 Å². The Morgan fingerprint density at radius 3 is 2.62 bits per heavy atom. The summed E-state index contributed by atoms with van der Waals surface area (Å²) in [5.74, 6) is 0.823. The second-order valence-electron chi connectivity index (χ2n) is 6.21.